The summed E-state index contributed by atoms with van der Waals surface area (Å²) in [5, 5.41) is 1.57. The smallest absolute Gasteiger partial charge is 0.163 e. The van der Waals surface area contributed by atoms with Crippen LogP contribution in [0.3, 0.4) is 0 Å². The summed E-state index contributed by atoms with van der Waals surface area (Å²) in [4.78, 5) is 11.9. The van der Waals surface area contributed by atoms with Crippen LogP contribution in [0.1, 0.15) is 27.9 Å². The van der Waals surface area contributed by atoms with Gasteiger partial charge in [-0.25, -0.2) is 8.78 Å². The zero-order valence-electron chi connectivity index (χ0n) is 10.6. The molecule has 2 aromatic rings. The largest absolute Gasteiger partial charge is 0.294 e. The summed E-state index contributed by atoms with van der Waals surface area (Å²) in [6.45, 7) is 0. The molecule has 0 saturated carbocycles. The van der Waals surface area contributed by atoms with Crippen molar-refractivity contribution < 1.29 is 13.6 Å². The van der Waals surface area contributed by atoms with E-state index in [1.807, 2.05) is 24.3 Å². The van der Waals surface area contributed by atoms with E-state index >= 15 is 0 Å². The number of rotatable bonds is 5. The zero-order chi connectivity index (χ0) is 14.5. The van der Waals surface area contributed by atoms with E-state index in [1.165, 1.54) is 0 Å². The molecule has 0 unspecified atom stereocenters. The van der Waals surface area contributed by atoms with Gasteiger partial charge in [0, 0.05) is 23.4 Å². The molecular weight excluding hydrogens is 278 g/mol. The monoisotopic (exact) mass is 290 g/mol. The van der Waals surface area contributed by atoms with Gasteiger partial charge in [0.1, 0.15) is 11.6 Å². The van der Waals surface area contributed by atoms with Gasteiger partial charge in [0.05, 0.1) is 0 Å². The van der Waals surface area contributed by atoms with Crippen LogP contribution in [0.2, 0.25) is 0 Å². The second-order valence-electron chi connectivity index (χ2n) is 4.44. The molecule has 102 valence electrons. The number of thiocarbonyl (C=S) groups is 1. The quantitative estimate of drug-likeness (QED) is 0.608. The molecule has 0 heterocycles. The van der Waals surface area contributed by atoms with Gasteiger partial charge in [0.2, 0.25) is 0 Å². The maximum atomic E-state index is 13.0. The summed E-state index contributed by atoms with van der Waals surface area (Å²) in [7, 11) is 0. The summed E-state index contributed by atoms with van der Waals surface area (Å²) >= 11 is 4.81. The first-order valence-corrected chi connectivity index (χ1v) is 6.59. The number of carbonyl (C=O) groups is 1. The molecule has 2 rings (SSSR count). The van der Waals surface area contributed by atoms with Crippen molar-refractivity contribution in [3.8, 4) is 0 Å². The van der Waals surface area contributed by atoms with E-state index in [9.17, 15) is 13.6 Å². The van der Waals surface area contributed by atoms with Gasteiger partial charge < -0.3 is 0 Å². The average Bonchev–Trinajstić information content (AvgIpc) is 2.44. The maximum absolute atomic E-state index is 13.0. The van der Waals surface area contributed by atoms with Crippen LogP contribution in [0.5, 0.6) is 0 Å². The van der Waals surface area contributed by atoms with Crippen molar-refractivity contribution in [3.63, 3.8) is 0 Å². The molecule has 0 radical (unpaired) electrons. The highest BCUT2D eigenvalue weighted by atomic mass is 32.1. The number of hydrogen-bond acceptors (Lipinski definition) is 2. The molecule has 0 N–H and O–H groups in total. The number of halogens is 2. The Hall–Kier alpha value is -1.94. The van der Waals surface area contributed by atoms with E-state index in [0.29, 0.717) is 6.42 Å². The minimum atomic E-state index is -0.737. The van der Waals surface area contributed by atoms with Crippen LogP contribution in [-0.2, 0) is 6.42 Å². The lowest BCUT2D eigenvalue weighted by Crippen LogP contribution is -2.02. The van der Waals surface area contributed by atoms with Crippen molar-refractivity contribution in [2.75, 3.05) is 0 Å². The molecular formula is C16H12F2OS. The standard InChI is InChI=1S/C16H12F2OS/c17-14-7-13(8-15(18)9-14)16(19)6-5-11-1-3-12(10-20)4-2-11/h1-4,7-10H,5-6H2. The molecule has 0 aliphatic heterocycles. The topological polar surface area (TPSA) is 17.1 Å². The minimum absolute atomic E-state index is 0.0676. The van der Waals surface area contributed by atoms with Crippen molar-refractivity contribution >= 4 is 23.4 Å². The first-order valence-electron chi connectivity index (χ1n) is 6.12. The molecule has 0 bridgehead atoms. The molecule has 4 heteroatoms. The normalized spacial score (nSPS) is 10.3. The predicted octanol–water partition coefficient (Wildman–Crippen LogP) is 4.13. The summed E-state index contributed by atoms with van der Waals surface area (Å²) in [6, 6.07) is 10.4. The molecule has 2 aromatic carbocycles. The van der Waals surface area contributed by atoms with Gasteiger partial charge in [-0.1, -0.05) is 36.5 Å². The number of benzene rings is 2. The van der Waals surface area contributed by atoms with Crippen LogP contribution in [-0.4, -0.2) is 11.2 Å². The summed E-state index contributed by atoms with van der Waals surface area (Å²) in [5.41, 5.74) is 1.98. The Morgan fingerprint density at radius 1 is 1.05 bits per heavy atom. The van der Waals surface area contributed by atoms with Crippen LogP contribution in [0.4, 0.5) is 8.78 Å². The minimum Gasteiger partial charge on any atom is -0.294 e. The van der Waals surface area contributed by atoms with E-state index in [2.05, 4.69) is 0 Å². The van der Waals surface area contributed by atoms with Crippen LogP contribution in [0.25, 0.3) is 0 Å². The predicted molar refractivity (Wildman–Crippen MR) is 78.2 cm³/mol. The lowest BCUT2D eigenvalue weighted by atomic mass is 10.0. The van der Waals surface area contributed by atoms with Gasteiger partial charge in [-0.05, 0) is 29.7 Å². The Balaban J connectivity index is 2.02. The fraction of sp³-hybridized carbons (Fsp3) is 0.125. The van der Waals surface area contributed by atoms with Crippen molar-refractivity contribution in [1.82, 2.24) is 0 Å². The second kappa shape index (κ2) is 6.48. The summed E-state index contributed by atoms with van der Waals surface area (Å²) in [6.07, 6.45) is 0.731. The Morgan fingerprint density at radius 2 is 1.65 bits per heavy atom. The van der Waals surface area contributed by atoms with Gasteiger partial charge in [0.15, 0.2) is 5.78 Å². The third-order valence-electron chi connectivity index (χ3n) is 2.94. The van der Waals surface area contributed by atoms with Gasteiger partial charge in [-0.15, -0.1) is 0 Å². The van der Waals surface area contributed by atoms with Crippen LogP contribution < -0.4 is 0 Å². The number of hydrogen-bond donors (Lipinski definition) is 0. The van der Waals surface area contributed by atoms with Crippen LogP contribution in [0.15, 0.2) is 42.5 Å². The van der Waals surface area contributed by atoms with E-state index in [-0.39, 0.29) is 17.8 Å². The van der Waals surface area contributed by atoms with Crippen molar-refractivity contribution in [1.29, 1.82) is 0 Å². The van der Waals surface area contributed by atoms with Gasteiger partial charge >= 0.3 is 0 Å². The van der Waals surface area contributed by atoms with Gasteiger partial charge in [-0.2, -0.15) is 0 Å². The zero-order valence-corrected chi connectivity index (χ0v) is 11.4. The molecule has 0 fully saturated rings. The lowest BCUT2D eigenvalue weighted by Gasteiger charge is -2.03. The van der Waals surface area contributed by atoms with Crippen LogP contribution >= 0.6 is 12.2 Å². The van der Waals surface area contributed by atoms with Gasteiger partial charge in [0.25, 0.3) is 0 Å². The third kappa shape index (κ3) is 3.78. The average molecular weight is 290 g/mol. The number of Topliss-reactive ketones (excluding diaryl/α,β-unsaturated/α-hetero) is 1. The van der Waals surface area contributed by atoms with Crippen LogP contribution in [0, 0.1) is 11.6 Å². The fourth-order valence-corrected chi connectivity index (χ4v) is 2.04. The molecule has 0 amide bonds. The molecule has 0 saturated heterocycles. The highest BCUT2D eigenvalue weighted by molar-refractivity contribution is 7.79. The Labute approximate surface area is 121 Å². The number of ketones is 1. The van der Waals surface area contributed by atoms with Crippen molar-refractivity contribution in [2.24, 2.45) is 0 Å². The summed E-state index contributed by atoms with van der Waals surface area (Å²) < 4.78 is 26.1. The molecule has 1 nitrogen and oxygen atoms in total. The van der Waals surface area contributed by atoms with E-state index in [0.717, 1.165) is 29.3 Å². The molecule has 20 heavy (non-hydrogen) atoms. The number of carbonyl (C=O) groups excluding carboxylic acids is 1. The first-order chi connectivity index (χ1) is 9.58. The molecule has 0 aliphatic rings. The van der Waals surface area contributed by atoms with Crippen molar-refractivity contribution in [2.45, 2.75) is 12.8 Å². The first kappa shape index (κ1) is 14.5. The van der Waals surface area contributed by atoms with Crippen molar-refractivity contribution in [3.05, 3.63) is 70.8 Å². The lowest BCUT2D eigenvalue weighted by molar-refractivity contribution is 0.0982. The molecule has 0 atom stereocenters. The van der Waals surface area contributed by atoms with E-state index < -0.39 is 11.6 Å². The highest BCUT2D eigenvalue weighted by Gasteiger charge is 2.09. The fourth-order valence-electron chi connectivity index (χ4n) is 1.88. The summed E-state index contributed by atoms with van der Waals surface area (Å²) in [5.74, 6) is -1.75. The molecule has 0 aliphatic carbocycles. The Bertz CT molecular complexity index is 615. The Kier molecular flexibility index (Phi) is 4.69. The second-order valence-corrected chi connectivity index (χ2v) is 4.68. The SMILES string of the molecule is O=C(CCc1ccc(C=S)cc1)c1cc(F)cc(F)c1. The maximum Gasteiger partial charge on any atom is 0.163 e. The van der Waals surface area contributed by atoms with E-state index in [1.54, 1.807) is 5.37 Å². The third-order valence-corrected chi connectivity index (χ3v) is 3.21. The van der Waals surface area contributed by atoms with Gasteiger partial charge in [-0.3, -0.25) is 4.79 Å². The number of aryl methyl sites for hydroxylation is 1. The Morgan fingerprint density at radius 3 is 2.20 bits per heavy atom. The van der Waals surface area contributed by atoms with E-state index in [4.69, 9.17) is 12.2 Å². The highest BCUT2D eigenvalue weighted by Crippen LogP contribution is 2.13. The molecule has 0 spiro atoms. The molecule has 0 aromatic heterocycles.